The highest BCUT2D eigenvalue weighted by atomic mass is 31.0. The molecule has 0 radical (unpaired) electrons. The first kappa shape index (κ1) is 20.7. The van der Waals surface area contributed by atoms with Gasteiger partial charge in [-0.25, -0.2) is 9.66 Å². The van der Waals surface area contributed by atoms with Gasteiger partial charge in [0.15, 0.2) is 5.82 Å². The molecule has 1 aliphatic carbocycles. The molecule has 2 unspecified atom stereocenters. The van der Waals surface area contributed by atoms with Crippen molar-refractivity contribution in [1.82, 2.24) is 19.5 Å². The number of rotatable bonds is 3. The Morgan fingerprint density at radius 1 is 1.23 bits per heavy atom. The summed E-state index contributed by atoms with van der Waals surface area (Å²) in [5.74, 6) is 0.884. The van der Waals surface area contributed by atoms with E-state index in [1.807, 2.05) is 13.0 Å². The number of halogens is 2. The van der Waals surface area contributed by atoms with E-state index in [1.54, 1.807) is 26.2 Å². The number of aromatic nitrogens is 3. The first-order valence-electron chi connectivity index (χ1n) is 10.8. The van der Waals surface area contributed by atoms with Gasteiger partial charge in [-0.3, -0.25) is 20.1 Å². The molecule has 0 bridgehead atoms. The number of fused-ring (bicyclic) bond motifs is 2. The Balaban J connectivity index is 1.43. The van der Waals surface area contributed by atoms with Crippen molar-refractivity contribution < 1.29 is 8.78 Å². The summed E-state index contributed by atoms with van der Waals surface area (Å²) in [6.07, 6.45) is 9.77. The molecule has 1 N–H and O–H groups in total. The van der Waals surface area contributed by atoms with Crippen molar-refractivity contribution in [2.45, 2.75) is 63.3 Å². The van der Waals surface area contributed by atoms with E-state index < -0.39 is 5.66 Å². The Kier molecular flexibility index (Phi) is 5.18. The van der Waals surface area contributed by atoms with E-state index in [2.05, 4.69) is 20.3 Å². The summed E-state index contributed by atoms with van der Waals surface area (Å²) in [5.41, 5.74) is 3.68. The molecule has 2 aromatic heterocycles. The highest BCUT2D eigenvalue weighted by Gasteiger charge is 2.32. The van der Waals surface area contributed by atoms with Gasteiger partial charge in [0.1, 0.15) is 6.17 Å². The molecular weight excluding hydrogens is 419 g/mol. The summed E-state index contributed by atoms with van der Waals surface area (Å²) in [6, 6.07) is 1.54. The van der Waals surface area contributed by atoms with Crippen LogP contribution in [0.25, 0.3) is 6.08 Å². The number of nitrogens with zero attached hydrogens (tertiary/aromatic N) is 4. The first-order chi connectivity index (χ1) is 14.8. The zero-order valence-electron chi connectivity index (χ0n) is 17.4. The van der Waals surface area contributed by atoms with Gasteiger partial charge in [-0.2, -0.15) is 8.78 Å². The minimum atomic E-state index is -3.00. The lowest BCUT2D eigenvalue weighted by atomic mass is 10.00. The van der Waals surface area contributed by atoms with Crippen molar-refractivity contribution in [3.63, 3.8) is 0 Å². The fourth-order valence-corrected chi connectivity index (χ4v) is 5.11. The highest BCUT2D eigenvalue weighted by Crippen LogP contribution is 2.36. The van der Waals surface area contributed by atoms with Crippen molar-refractivity contribution in [1.29, 1.82) is 0 Å². The molecule has 5 rings (SSSR count). The summed E-state index contributed by atoms with van der Waals surface area (Å²) in [4.78, 5) is 24.2. The van der Waals surface area contributed by atoms with Crippen LogP contribution >= 0.6 is 9.24 Å². The van der Waals surface area contributed by atoms with Crippen LogP contribution in [0.2, 0.25) is 0 Å². The molecule has 9 heteroatoms. The van der Waals surface area contributed by atoms with E-state index >= 15 is 0 Å². The largest absolute Gasteiger partial charge is 0.300 e. The van der Waals surface area contributed by atoms with Crippen LogP contribution in [0.15, 0.2) is 28.8 Å². The predicted octanol–water partition coefficient (Wildman–Crippen LogP) is 3.57. The Bertz CT molecular complexity index is 1100. The Labute approximate surface area is 181 Å². The maximum atomic E-state index is 13.8. The second-order valence-electron chi connectivity index (χ2n) is 8.79. The van der Waals surface area contributed by atoms with Crippen molar-refractivity contribution in [2.75, 3.05) is 12.0 Å². The van der Waals surface area contributed by atoms with Crippen molar-refractivity contribution >= 4 is 15.3 Å². The van der Waals surface area contributed by atoms with Crippen LogP contribution in [0.4, 0.5) is 8.78 Å². The lowest BCUT2D eigenvalue weighted by Crippen LogP contribution is -2.52. The van der Waals surface area contributed by atoms with Crippen LogP contribution < -0.4 is 11.0 Å². The van der Waals surface area contributed by atoms with Gasteiger partial charge in [0.25, 0.3) is 11.2 Å². The molecule has 2 atom stereocenters. The number of hydrogen-bond acceptors (Lipinski definition) is 5. The molecule has 2 aromatic rings. The zero-order chi connectivity index (χ0) is 21.8. The SMILES string of the molecule is CC1=Cc2ncc(C3CCCC3)c(=O)n2NC1N1CCc2ncc(C(F)(F)P)cc2C1. The third-order valence-corrected chi connectivity index (χ3v) is 7.00. The molecule has 6 nitrogen and oxygen atoms in total. The van der Waals surface area contributed by atoms with Crippen LogP contribution in [0.5, 0.6) is 0 Å². The Hall–Kier alpha value is -2.18. The molecule has 164 valence electrons. The van der Waals surface area contributed by atoms with Gasteiger partial charge in [-0.1, -0.05) is 22.1 Å². The molecule has 0 spiro atoms. The smallest absolute Gasteiger partial charge is 0.285 e. The third-order valence-electron chi connectivity index (χ3n) is 6.67. The number of nitrogens with one attached hydrogen (secondary N) is 1. The second kappa shape index (κ2) is 7.75. The predicted molar refractivity (Wildman–Crippen MR) is 118 cm³/mol. The standard InChI is InChI=1S/C22H26F2N5OP/c1-13-8-19-26-11-17(14-4-2-3-5-14)21(30)29(19)27-20(13)28-7-6-18-15(12-28)9-16(10-25-18)22(23,24)31/h8-11,14,20,27H,2-7,12,31H2,1H3. The maximum absolute atomic E-state index is 13.8. The number of hydrogen-bond donors (Lipinski definition) is 1. The van der Waals surface area contributed by atoms with E-state index in [1.165, 1.54) is 6.20 Å². The van der Waals surface area contributed by atoms with Crippen LogP contribution in [-0.2, 0) is 18.6 Å². The van der Waals surface area contributed by atoms with E-state index in [0.717, 1.165) is 54.6 Å². The molecule has 0 aromatic carbocycles. The van der Waals surface area contributed by atoms with Gasteiger partial charge in [0.2, 0.25) is 0 Å². The minimum Gasteiger partial charge on any atom is -0.300 e. The molecule has 3 aliphatic rings. The molecule has 31 heavy (non-hydrogen) atoms. The lowest BCUT2D eigenvalue weighted by molar-refractivity contribution is 0.103. The fourth-order valence-electron chi connectivity index (χ4n) is 4.95. The molecule has 0 amide bonds. The van der Waals surface area contributed by atoms with Gasteiger partial charge in [0, 0.05) is 48.7 Å². The molecular formula is C22H26F2N5OP. The van der Waals surface area contributed by atoms with Crippen LogP contribution in [0, 0.1) is 0 Å². The molecule has 0 saturated heterocycles. The van der Waals surface area contributed by atoms with Crippen molar-refractivity contribution in [3.8, 4) is 0 Å². The average Bonchev–Trinajstić information content (AvgIpc) is 3.27. The zero-order valence-corrected chi connectivity index (χ0v) is 18.6. The van der Waals surface area contributed by atoms with Crippen LogP contribution in [-0.4, -0.2) is 32.3 Å². The second-order valence-corrected chi connectivity index (χ2v) is 9.51. The highest BCUT2D eigenvalue weighted by molar-refractivity contribution is 7.17. The molecule has 1 saturated carbocycles. The van der Waals surface area contributed by atoms with Crippen LogP contribution in [0.3, 0.4) is 0 Å². The summed E-state index contributed by atoms with van der Waals surface area (Å²) >= 11 is 0. The van der Waals surface area contributed by atoms with Gasteiger partial charge in [-0.15, -0.1) is 0 Å². The summed E-state index contributed by atoms with van der Waals surface area (Å²) in [6.45, 7) is 3.21. The first-order valence-corrected chi connectivity index (χ1v) is 11.3. The van der Waals surface area contributed by atoms with E-state index in [4.69, 9.17) is 0 Å². The van der Waals surface area contributed by atoms with E-state index in [0.29, 0.717) is 18.8 Å². The molecule has 1 fully saturated rings. The monoisotopic (exact) mass is 445 g/mol. The Morgan fingerprint density at radius 2 is 2.00 bits per heavy atom. The van der Waals surface area contributed by atoms with Gasteiger partial charge in [-0.05, 0) is 49.0 Å². The van der Waals surface area contributed by atoms with E-state index in [9.17, 15) is 13.6 Å². The Morgan fingerprint density at radius 3 is 2.74 bits per heavy atom. The summed E-state index contributed by atoms with van der Waals surface area (Å²) < 4.78 is 29.1. The normalized spacial score (nSPS) is 21.9. The minimum absolute atomic E-state index is 0.0327. The summed E-state index contributed by atoms with van der Waals surface area (Å²) in [5, 5.41) is 0. The third kappa shape index (κ3) is 3.80. The van der Waals surface area contributed by atoms with Crippen molar-refractivity contribution in [2.24, 2.45) is 0 Å². The summed E-state index contributed by atoms with van der Waals surface area (Å²) in [7, 11) is 1.57. The van der Waals surface area contributed by atoms with Gasteiger partial charge >= 0.3 is 0 Å². The molecule has 4 heterocycles. The van der Waals surface area contributed by atoms with Gasteiger partial charge < -0.3 is 0 Å². The number of pyridine rings is 1. The van der Waals surface area contributed by atoms with Crippen molar-refractivity contribution in [3.05, 3.63) is 62.6 Å². The quantitative estimate of drug-likeness (QED) is 0.732. The van der Waals surface area contributed by atoms with Gasteiger partial charge in [0.05, 0.1) is 0 Å². The molecule has 2 aliphatic heterocycles. The lowest BCUT2D eigenvalue weighted by Gasteiger charge is -2.39. The number of alkyl halides is 2. The fraction of sp³-hybridized carbons (Fsp3) is 0.500. The van der Waals surface area contributed by atoms with Crippen LogP contribution in [0.1, 0.15) is 66.7 Å². The van der Waals surface area contributed by atoms with E-state index in [-0.39, 0.29) is 23.2 Å². The topological polar surface area (TPSA) is 63.1 Å². The average molecular weight is 445 g/mol. The maximum Gasteiger partial charge on any atom is 0.285 e.